The molecular weight excluding hydrogens is 292 g/mol. The van der Waals surface area contributed by atoms with Crippen molar-refractivity contribution in [3.63, 3.8) is 0 Å². The number of halogens is 1. The summed E-state index contributed by atoms with van der Waals surface area (Å²) in [6.45, 7) is 1.88. The summed E-state index contributed by atoms with van der Waals surface area (Å²) in [7, 11) is -3.27. The maximum Gasteiger partial charge on any atom is 0.181 e. The highest BCUT2D eigenvalue weighted by atomic mass is 35.5. The lowest BCUT2D eigenvalue weighted by molar-refractivity contribution is 0.599. The Labute approximate surface area is 124 Å². The van der Waals surface area contributed by atoms with E-state index in [-0.39, 0.29) is 5.75 Å². The largest absolute Gasteiger partial charge is 0.223 e. The van der Waals surface area contributed by atoms with Crippen LogP contribution in [-0.4, -0.2) is 14.2 Å². The van der Waals surface area contributed by atoms with Crippen molar-refractivity contribution in [3.8, 4) is 0 Å². The highest BCUT2D eigenvalue weighted by molar-refractivity contribution is 7.91. The fraction of sp³-hybridized carbons (Fsp3) is 0.125. The molecule has 0 aromatic heterocycles. The average molecular weight is 307 g/mol. The van der Waals surface area contributed by atoms with Crippen LogP contribution in [0.25, 0.3) is 6.08 Å². The third kappa shape index (κ3) is 3.95. The lowest BCUT2D eigenvalue weighted by Gasteiger charge is -2.02. The van der Waals surface area contributed by atoms with Gasteiger partial charge >= 0.3 is 0 Å². The minimum absolute atomic E-state index is 0.0148. The lowest BCUT2D eigenvalue weighted by atomic mass is 10.2. The quantitative estimate of drug-likeness (QED) is 0.851. The van der Waals surface area contributed by atoms with Crippen LogP contribution < -0.4 is 0 Å². The van der Waals surface area contributed by atoms with E-state index in [1.54, 1.807) is 42.5 Å². The first kappa shape index (κ1) is 14.8. The molecule has 0 saturated carbocycles. The number of benzene rings is 2. The predicted molar refractivity (Wildman–Crippen MR) is 83.7 cm³/mol. The summed E-state index contributed by atoms with van der Waals surface area (Å²) in [5.41, 5.74) is 1.86. The van der Waals surface area contributed by atoms with Crippen LogP contribution in [-0.2, 0) is 9.84 Å². The molecule has 20 heavy (non-hydrogen) atoms. The maximum atomic E-state index is 12.2. The summed E-state index contributed by atoms with van der Waals surface area (Å²) in [5, 5.41) is 0.662. The van der Waals surface area contributed by atoms with Gasteiger partial charge in [0.2, 0.25) is 0 Å². The number of sulfone groups is 1. The van der Waals surface area contributed by atoms with Crippen LogP contribution in [0.4, 0.5) is 0 Å². The predicted octanol–water partition coefficient (Wildman–Crippen LogP) is 4.14. The molecule has 2 aromatic carbocycles. The van der Waals surface area contributed by atoms with Crippen molar-refractivity contribution in [2.75, 3.05) is 5.75 Å². The zero-order valence-electron chi connectivity index (χ0n) is 11.1. The second-order valence-electron chi connectivity index (χ2n) is 4.55. The molecule has 0 aliphatic carbocycles. The van der Waals surface area contributed by atoms with E-state index >= 15 is 0 Å². The van der Waals surface area contributed by atoms with Gasteiger partial charge in [0, 0.05) is 5.02 Å². The van der Waals surface area contributed by atoms with E-state index in [4.69, 9.17) is 11.6 Å². The highest BCUT2D eigenvalue weighted by Gasteiger charge is 2.11. The summed E-state index contributed by atoms with van der Waals surface area (Å²) >= 11 is 5.79. The molecule has 0 aliphatic heterocycles. The number of hydrogen-bond acceptors (Lipinski definition) is 2. The molecular formula is C16H15ClO2S. The van der Waals surface area contributed by atoms with Crippen molar-refractivity contribution in [2.24, 2.45) is 0 Å². The molecule has 0 aliphatic rings. The van der Waals surface area contributed by atoms with Crippen molar-refractivity contribution in [1.82, 2.24) is 0 Å². The Kier molecular flexibility index (Phi) is 4.63. The fourth-order valence-electron chi connectivity index (χ4n) is 1.79. The van der Waals surface area contributed by atoms with E-state index in [0.717, 1.165) is 11.1 Å². The molecule has 0 fully saturated rings. The van der Waals surface area contributed by atoms with Crippen LogP contribution in [0.15, 0.2) is 59.5 Å². The zero-order valence-corrected chi connectivity index (χ0v) is 12.7. The van der Waals surface area contributed by atoms with Gasteiger partial charge in [-0.15, -0.1) is 0 Å². The van der Waals surface area contributed by atoms with Crippen LogP contribution in [0.2, 0.25) is 5.02 Å². The third-order valence-electron chi connectivity index (χ3n) is 2.84. The molecule has 0 atom stereocenters. The molecule has 0 amide bonds. The molecule has 0 bridgehead atoms. The van der Waals surface area contributed by atoms with Gasteiger partial charge in [0.15, 0.2) is 9.84 Å². The van der Waals surface area contributed by atoms with Gasteiger partial charge in [-0.25, -0.2) is 8.42 Å². The minimum atomic E-state index is -3.27. The van der Waals surface area contributed by atoms with Crippen molar-refractivity contribution >= 4 is 27.5 Å². The first-order valence-electron chi connectivity index (χ1n) is 6.19. The molecule has 0 saturated heterocycles. The summed E-state index contributed by atoms with van der Waals surface area (Å²) in [6, 6.07) is 14.2. The van der Waals surface area contributed by atoms with E-state index in [0.29, 0.717) is 9.92 Å². The van der Waals surface area contributed by atoms with E-state index < -0.39 is 9.84 Å². The highest BCUT2D eigenvalue weighted by Crippen LogP contribution is 2.14. The van der Waals surface area contributed by atoms with Crippen molar-refractivity contribution < 1.29 is 8.42 Å². The van der Waals surface area contributed by atoms with E-state index in [2.05, 4.69) is 0 Å². The molecule has 2 nitrogen and oxygen atoms in total. The van der Waals surface area contributed by atoms with Gasteiger partial charge in [-0.2, -0.15) is 0 Å². The van der Waals surface area contributed by atoms with Gasteiger partial charge in [-0.1, -0.05) is 48.0 Å². The summed E-state index contributed by atoms with van der Waals surface area (Å²) in [6.07, 6.45) is 3.44. The summed E-state index contributed by atoms with van der Waals surface area (Å²) in [4.78, 5) is 0.359. The monoisotopic (exact) mass is 306 g/mol. The molecule has 104 valence electrons. The Hall–Kier alpha value is -1.58. The van der Waals surface area contributed by atoms with Crippen molar-refractivity contribution in [1.29, 1.82) is 0 Å². The van der Waals surface area contributed by atoms with Gasteiger partial charge in [-0.05, 0) is 42.3 Å². The number of rotatable bonds is 4. The topological polar surface area (TPSA) is 34.1 Å². The SMILES string of the molecule is Cc1cccc(S(=O)(=O)C/C=C/c2ccc(Cl)cc2)c1. The molecule has 2 aromatic rings. The summed E-state index contributed by atoms with van der Waals surface area (Å²) in [5.74, 6) is -0.0148. The third-order valence-corrected chi connectivity index (χ3v) is 4.70. The maximum absolute atomic E-state index is 12.2. The molecule has 2 rings (SSSR count). The summed E-state index contributed by atoms with van der Waals surface area (Å²) < 4.78 is 24.3. The number of hydrogen-bond donors (Lipinski definition) is 0. The standard InChI is InChI=1S/C16H15ClO2S/c1-13-4-2-6-16(12-13)20(18,19)11-3-5-14-7-9-15(17)10-8-14/h2-10,12H,11H2,1H3/b5-3+. The van der Waals surface area contributed by atoms with Crippen LogP contribution >= 0.6 is 11.6 Å². The molecule has 0 radical (unpaired) electrons. The van der Waals surface area contributed by atoms with Crippen LogP contribution in [0.1, 0.15) is 11.1 Å². The normalized spacial score (nSPS) is 11.9. The smallest absolute Gasteiger partial charge is 0.181 e. The Bertz CT molecular complexity index is 716. The minimum Gasteiger partial charge on any atom is -0.223 e. The fourth-order valence-corrected chi connectivity index (χ4v) is 3.11. The molecule has 0 spiro atoms. The second-order valence-corrected chi connectivity index (χ2v) is 7.02. The van der Waals surface area contributed by atoms with Crippen molar-refractivity contribution in [2.45, 2.75) is 11.8 Å². The van der Waals surface area contributed by atoms with Gasteiger partial charge < -0.3 is 0 Å². The van der Waals surface area contributed by atoms with E-state index in [1.807, 2.05) is 25.1 Å². The lowest BCUT2D eigenvalue weighted by Crippen LogP contribution is -2.04. The molecule has 0 N–H and O–H groups in total. The van der Waals surface area contributed by atoms with Crippen LogP contribution in [0, 0.1) is 6.92 Å². The van der Waals surface area contributed by atoms with Gasteiger partial charge in [0.05, 0.1) is 10.6 Å². The second kappa shape index (κ2) is 6.25. The average Bonchev–Trinajstić information content (AvgIpc) is 2.41. The van der Waals surface area contributed by atoms with Gasteiger partial charge in [-0.3, -0.25) is 0 Å². The van der Waals surface area contributed by atoms with E-state index in [9.17, 15) is 8.42 Å². The zero-order chi connectivity index (χ0) is 14.6. The van der Waals surface area contributed by atoms with Crippen molar-refractivity contribution in [3.05, 3.63) is 70.8 Å². The molecule has 0 heterocycles. The van der Waals surface area contributed by atoms with E-state index in [1.165, 1.54) is 0 Å². The molecule has 0 unspecified atom stereocenters. The number of aryl methyl sites for hydroxylation is 1. The Balaban J connectivity index is 2.11. The molecule has 4 heteroatoms. The van der Waals surface area contributed by atoms with Crippen LogP contribution in [0.3, 0.4) is 0 Å². The van der Waals surface area contributed by atoms with Crippen LogP contribution in [0.5, 0.6) is 0 Å². The van der Waals surface area contributed by atoms with Gasteiger partial charge in [0.1, 0.15) is 0 Å². The first-order valence-corrected chi connectivity index (χ1v) is 8.22. The Morgan fingerprint density at radius 3 is 2.45 bits per heavy atom. The van der Waals surface area contributed by atoms with Gasteiger partial charge in [0.25, 0.3) is 0 Å². The Morgan fingerprint density at radius 1 is 1.10 bits per heavy atom. The Morgan fingerprint density at radius 2 is 1.80 bits per heavy atom. The first-order chi connectivity index (χ1) is 9.47.